The monoisotopic (exact) mass is 598 g/mol. The van der Waals surface area contributed by atoms with Crippen LogP contribution in [0.25, 0.3) is 16.9 Å². The molecule has 3 unspecified atom stereocenters. The smallest absolute Gasteiger partial charge is 0.255 e. The van der Waals surface area contributed by atoms with Gasteiger partial charge in [-0.2, -0.15) is 5.06 Å². The zero-order valence-electron chi connectivity index (χ0n) is 23.8. The molecule has 1 fully saturated rings. The fourth-order valence-electron chi connectivity index (χ4n) is 6.68. The number of fused-ring (bicyclic) bond motifs is 3. The number of nitrogens with two attached hydrogens (primary N) is 1. The maximum Gasteiger partial charge on any atom is 0.255 e. The maximum atomic E-state index is 13.9. The van der Waals surface area contributed by atoms with Crippen molar-refractivity contribution in [3.8, 4) is 16.9 Å². The number of benzene rings is 2. The molecule has 232 valence electrons. The number of carbonyl (C=O) groups excluding carboxylic acids is 4. The van der Waals surface area contributed by atoms with Crippen LogP contribution in [0.4, 0.5) is 5.69 Å². The van der Waals surface area contributed by atoms with Gasteiger partial charge in [-0.1, -0.05) is 18.2 Å². The summed E-state index contributed by atoms with van der Waals surface area (Å²) in [6.07, 6.45) is 0.509. The van der Waals surface area contributed by atoms with Gasteiger partial charge in [-0.3, -0.25) is 24.1 Å². The van der Waals surface area contributed by atoms with Gasteiger partial charge in [0, 0.05) is 21.2 Å². The molecule has 0 heterocycles. The highest BCUT2D eigenvalue weighted by Crippen LogP contribution is 2.51. The standard InChI is InChI=1S/C30H32N4O8.H2O.2H2/c1-33(2)25-18-11-14-10-17-16(13-4-6-15(7-5-13)32-20(36)12-34(3)42)8-9-19(35)22(17)26(37)21(14)27(38)23(18)28(39)24(29(25)40)30(31)41;;;/h4-9,14,18,23,25,35,37,40,42H,10-12H2,1-3H3,(H2,31,41)(H,32,36);1H2;2*1H/t14?,18?,23?,25-;;;/m1.../s1. The van der Waals surface area contributed by atoms with Crippen LogP contribution in [0.5, 0.6) is 5.75 Å². The van der Waals surface area contributed by atoms with Gasteiger partial charge in [-0.15, -0.1) is 0 Å². The molecule has 1 saturated carbocycles. The van der Waals surface area contributed by atoms with Gasteiger partial charge in [-0.25, -0.2) is 0 Å². The van der Waals surface area contributed by atoms with Crippen LogP contribution < -0.4 is 11.1 Å². The number of nitrogens with zero attached hydrogens (tertiary/aromatic N) is 2. The number of rotatable bonds is 6. The van der Waals surface area contributed by atoms with Crippen molar-refractivity contribution in [2.75, 3.05) is 33.0 Å². The molecular weight excluding hydrogens is 560 g/mol. The minimum absolute atomic E-state index is 0. The highest BCUT2D eigenvalue weighted by Gasteiger charge is 2.55. The number of carbonyl (C=O) groups is 4. The quantitative estimate of drug-likeness (QED) is 0.159. The average molecular weight is 599 g/mol. The molecule has 13 nitrogen and oxygen atoms in total. The lowest BCUT2D eigenvalue weighted by atomic mass is 9.59. The third-order valence-corrected chi connectivity index (χ3v) is 8.30. The number of aliphatic hydroxyl groups excluding tert-OH is 2. The molecule has 3 aliphatic carbocycles. The normalized spacial score (nSPS) is 23.0. The Balaban J connectivity index is 0.00000235. The van der Waals surface area contributed by atoms with E-state index >= 15 is 0 Å². The third-order valence-electron chi connectivity index (χ3n) is 8.30. The molecule has 0 bridgehead atoms. The van der Waals surface area contributed by atoms with Crippen molar-refractivity contribution < 1.29 is 48.0 Å². The van der Waals surface area contributed by atoms with E-state index in [1.54, 1.807) is 49.3 Å². The number of aromatic hydroxyl groups is 1. The Labute approximate surface area is 249 Å². The van der Waals surface area contributed by atoms with Gasteiger partial charge < -0.3 is 37.1 Å². The summed E-state index contributed by atoms with van der Waals surface area (Å²) in [6, 6.07) is 9.19. The molecule has 0 aromatic heterocycles. The number of phenolic OH excluding ortho intramolecular Hbond substituents is 1. The van der Waals surface area contributed by atoms with Gasteiger partial charge in [-0.05, 0) is 73.7 Å². The minimum atomic E-state index is -1.32. The van der Waals surface area contributed by atoms with Crippen molar-refractivity contribution in [1.82, 2.24) is 9.96 Å². The molecule has 43 heavy (non-hydrogen) atoms. The van der Waals surface area contributed by atoms with Gasteiger partial charge in [0.1, 0.15) is 29.4 Å². The molecule has 0 saturated heterocycles. The number of aliphatic hydroxyl groups is 2. The van der Waals surface area contributed by atoms with Crippen LogP contribution in [-0.2, 0) is 25.6 Å². The SMILES string of the molecule is CN(O)CC(=O)Nc1ccc(-c2ccc(O)c3c2CC2CC4C(C(=O)C(C(N)=O)=C(O)[C@@H]4N(C)C)C(=O)C2=C3O)cc1.O.[HH].[HH]. The van der Waals surface area contributed by atoms with E-state index in [1.165, 1.54) is 13.1 Å². The van der Waals surface area contributed by atoms with Crippen LogP contribution in [0.1, 0.15) is 20.4 Å². The third kappa shape index (κ3) is 5.27. The summed E-state index contributed by atoms with van der Waals surface area (Å²) in [7, 11) is 4.69. The molecule has 2 aromatic carbocycles. The second-order valence-electron chi connectivity index (χ2n) is 11.2. The number of amides is 2. The van der Waals surface area contributed by atoms with Crippen LogP contribution in [0, 0.1) is 17.8 Å². The number of nitrogens with one attached hydrogen (secondary N) is 1. The van der Waals surface area contributed by atoms with Crippen LogP contribution in [0.3, 0.4) is 0 Å². The van der Waals surface area contributed by atoms with E-state index in [4.69, 9.17) is 5.73 Å². The van der Waals surface area contributed by atoms with E-state index in [9.17, 15) is 39.7 Å². The van der Waals surface area contributed by atoms with Gasteiger partial charge in [0.25, 0.3) is 5.91 Å². The Hall–Kier alpha value is -4.56. The van der Waals surface area contributed by atoms with Crippen LogP contribution in [0.2, 0.25) is 0 Å². The first-order valence-electron chi connectivity index (χ1n) is 13.4. The fraction of sp³-hybridized carbons (Fsp3) is 0.333. The number of primary amides is 1. The van der Waals surface area contributed by atoms with Crippen molar-refractivity contribution in [2.24, 2.45) is 23.5 Å². The molecule has 4 atom stereocenters. The molecule has 3 aliphatic rings. The molecule has 0 aliphatic heterocycles. The summed E-state index contributed by atoms with van der Waals surface area (Å²) >= 11 is 0. The van der Waals surface area contributed by atoms with Crippen molar-refractivity contribution >= 4 is 34.8 Å². The molecule has 0 radical (unpaired) electrons. The fourth-order valence-corrected chi connectivity index (χ4v) is 6.68. The molecule has 0 spiro atoms. The van der Waals surface area contributed by atoms with Crippen LogP contribution in [-0.4, -0.2) is 93.1 Å². The molecule has 13 heteroatoms. The zero-order valence-corrected chi connectivity index (χ0v) is 23.8. The summed E-state index contributed by atoms with van der Waals surface area (Å²) in [4.78, 5) is 52.9. The van der Waals surface area contributed by atoms with E-state index in [0.29, 0.717) is 16.8 Å². The minimum Gasteiger partial charge on any atom is -0.510 e. The summed E-state index contributed by atoms with van der Waals surface area (Å²) in [5.41, 5.74) is 7.44. The van der Waals surface area contributed by atoms with E-state index in [2.05, 4.69) is 5.32 Å². The van der Waals surface area contributed by atoms with Crippen LogP contribution in [0.15, 0.2) is 53.3 Å². The van der Waals surface area contributed by atoms with Crippen molar-refractivity contribution in [1.29, 1.82) is 0 Å². The number of allylic oxidation sites excluding steroid dienone is 1. The second kappa shape index (κ2) is 11.6. The van der Waals surface area contributed by atoms with Crippen molar-refractivity contribution in [2.45, 2.75) is 18.9 Å². The topological polar surface area (TPSA) is 225 Å². The Morgan fingerprint density at radius 2 is 1.67 bits per heavy atom. The number of anilines is 1. The first kappa shape index (κ1) is 31.4. The number of hydrogen-bond acceptors (Lipinski definition) is 10. The van der Waals surface area contributed by atoms with Gasteiger partial charge in [0.2, 0.25) is 5.91 Å². The summed E-state index contributed by atoms with van der Waals surface area (Å²) in [5, 5.41) is 45.8. The molecular formula is C30H38N4O9. The highest BCUT2D eigenvalue weighted by molar-refractivity contribution is 6.28. The number of ketones is 2. The van der Waals surface area contributed by atoms with E-state index in [-0.39, 0.29) is 44.6 Å². The summed E-state index contributed by atoms with van der Waals surface area (Å²) in [5.74, 6) is -6.69. The number of Topliss-reactive ketones (excluding diaryl/α,β-unsaturated/α-hetero) is 2. The predicted molar refractivity (Wildman–Crippen MR) is 159 cm³/mol. The van der Waals surface area contributed by atoms with Crippen LogP contribution >= 0.6 is 0 Å². The van der Waals surface area contributed by atoms with E-state index in [0.717, 1.165) is 10.6 Å². The van der Waals surface area contributed by atoms with Gasteiger partial charge in [0.15, 0.2) is 11.6 Å². The lowest BCUT2D eigenvalue weighted by molar-refractivity contribution is -0.137. The molecule has 9 N–H and O–H groups in total. The van der Waals surface area contributed by atoms with Crippen molar-refractivity contribution in [3.05, 3.63) is 64.4 Å². The maximum absolute atomic E-state index is 13.9. The lowest BCUT2D eigenvalue weighted by Gasteiger charge is -2.46. The first-order valence-corrected chi connectivity index (χ1v) is 13.4. The average Bonchev–Trinajstić information content (AvgIpc) is 2.88. The number of likely N-dealkylation sites (N-methyl/N-ethyl adjacent to an activating group) is 2. The highest BCUT2D eigenvalue weighted by atomic mass is 16.5. The second-order valence-corrected chi connectivity index (χ2v) is 11.2. The largest absolute Gasteiger partial charge is 0.510 e. The molecule has 2 aromatic rings. The summed E-state index contributed by atoms with van der Waals surface area (Å²) in [6.45, 7) is -0.208. The number of phenols is 1. The Morgan fingerprint density at radius 3 is 2.26 bits per heavy atom. The van der Waals surface area contributed by atoms with Gasteiger partial charge >= 0.3 is 0 Å². The Bertz CT molecular complexity index is 1590. The number of hydroxylamine groups is 2. The molecule has 2 amide bonds. The van der Waals surface area contributed by atoms with E-state index < -0.39 is 64.3 Å². The zero-order chi connectivity index (χ0) is 30.6. The number of hydrogen-bond donors (Lipinski definition) is 6. The lowest BCUT2D eigenvalue weighted by Crippen LogP contribution is -2.55. The predicted octanol–water partition coefficient (Wildman–Crippen LogP) is 1.44. The van der Waals surface area contributed by atoms with Crippen molar-refractivity contribution in [3.63, 3.8) is 0 Å². The molecule has 5 rings (SSSR count). The summed E-state index contributed by atoms with van der Waals surface area (Å²) < 4.78 is 0. The Morgan fingerprint density at radius 1 is 1.02 bits per heavy atom. The first-order chi connectivity index (χ1) is 19.8. The van der Waals surface area contributed by atoms with Gasteiger partial charge in [0.05, 0.1) is 17.5 Å². The Kier molecular flexibility index (Phi) is 8.47. The van der Waals surface area contributed by atoms with E-state index in [1.807, 2.05) is 0 Å².